The van der Waals surface area contributed by atoms with Crippen LogP contribution in [0.2, 0.25) is 0 Å². The first-order valence-corrected chi connectivity index (χ1v) is 11.4. The van der Waals surface area contributed by atoms with Crippen LogP contribution < -0.4 is 11.1 Å². The van der Waals surface area contributed by atoms with Crippen molar-refractivity contribution in [3.8, 4) is 0 Å². The average molecular weight is 398 g/mol. The highest BCUT2D eigenvalue weighted by Crippen LogP contribution is 2.25. The molecule has 0 saturated carbocycles. The van der Waals surface area contributed by atoms with Crippen molar-refractivity contribution in [1.82, 2.24) is 10.3 Å². The van der Waals surface area contributed by atoms with Crippen LogP contribution in [0.25, 0.3) is 10.8 Å². The largest absolute Gasteiger partial charge is 0.344 e. The summed E-state index contributed by atoms with van der Waals surface area (Å²) in [5.41, 5.74) is 7.36. The van der Waals surface area contributed by atoms with Crippen LogP contribution in [0.5, 0.6) is 0 Å². The van der Waals surface area contributed by atoms with Crippen LogP contribution in [0.4, 0.5) is 0 Å². The summed E-state index contributed by atoms with van der Waals surface area (Å²) in [7, 11) is 3.39. The number of carbonyl (C=O) groups is 1. The Morgan fingerprint density at radius 1 is 1.00 bits per heavy atom. The van der Waals surface area contributed by atoms with Gasteiger partial charge in [0.15, 0.2) is 0 Å². The van der Waals surface area contributed by atoms with Gasteiger partial charge in [-0.25, -0.2) is 0 Å². The lowest BCUT2D eigenvalue weighted by Crippen LogP contribution is -2.30. The number of benzene rings is 2. The molecule has 0 saturated heterocycles. The molecule has 1 heterocycles. The fraction of sp³-hybridized carbons (Fsp3) is 0.238. The van der Waals surface area contributed by atoms with Crippen LogP contribution in [0, 0.1) is 0 Å². The molecule has 0 radical (unpaired) electrons. The van der Waals surface area contributed by atoms with Crippen LogP contribution in [-0.4, -0.2) is 28.9 Å². The molecule has 0 bridgehead atoms. The quantitative estimate of drug-likeness (QED) is 0.419. The Morgan fingerprint density at radius 3 is 2.48 bits per heavy atom. The van der Waals surface area contributed by atoms with Crippen molar-refractivity contribution < 1.29 is 4.79 Å². The molecule has 0 aliphatic rings. The van der Waals surface area contributed by atoms with Crippen molar-refractivity contribution in [2.24, 2.45) is 5.73 Å². The number of nitrogens with one attached hydrogen (secondary N) is 1. The Bertz CT molecular complexity index is 873. The van der Waals surface area contributed by atoms with Crippen LogP contribution in [0.15, 0.2) is 66.9 Å². The SMILES string of the molecule is NCCSSCCC(=O)NC(c1ccccc1)c1cc2ccccc2cn1. The van der Waals surface area contributed by atoms with Gasteiger partial charge in [0.1, 0.15) is 0 Å². The third-order valence-electron chi connectivity index (χ3n) is 4.08. The van der Waals surface area contributed by atoms with E-state index in [-0.39, 0.29) is 11.9 Å². The molecule has 1 unspecified atom stereocenters. The van der Waals surface area contributed by atoms with Crippen molar-refractivity contribution in [3.05, 3.63) is 78.1 Å². The molecule has 0 aliphatic carbocycles. The first-order chi connectivity index (χ1) is 13.3. The van der Waals surface area contributed by atoms with Crippen molar-refractivity contribution in [2.45, 2.75) is 12.5 Å². The van der Waals surface area contributed by atoms with Gasteiger partial charge in [-0.15, -0.1) is 0 Å². The highest BCUT2D eigenvalue weighted by Gasteiger charge is 2.18. The molecule has 0 fully saturated rings. The summed E-state index contributed by atoms with van der Waals surface area (Å²) in [6.07, 6.45) is 2.34. The summed E-state index contributed by atoms with van der Waals surface area (Å²) in [6.45, 7) is 0.660. The molecular weight excluding hydrogens is 374 g/mol. The minimum Gasteiger partial charge on any atom is -0.344 e. The summed E-state index contributed by atoms with van der Waals surface area (Å²) in [4.78, 5) is 17.1. The number of rotatable bonds is 9. The highest BCUT2D eigenvalue weighted by atomic mass is 33.1. The summed E-state index contributed by atoms with van der Waals surface area (Å²) in [5, 5.41) is 5.36. The van der Waals surface area contributed by atoms with Crippen molar-refractivity contribution in [2.75, 3.05) is 18.1 Å². The molecule has 1 aromatic heterocycles. The molecule has 1 amide bonds. The number of fused-ring (bicyclic) bond motifs is 1. The Balaban J connectivity index is 1.76. The number of hydrogen-bond donors (Lipinski definition) is 2. The molecule has 3 N–H and O–H groups in total. The maximum Gasteiger partial charge on any atom is 0.221 e. The third-order valence-corrected chi connectivity index (χ3v) is 6.52. The average Bonchev–Trinajstić information content (AvgIpc) is 2.72. The second-order valence-electron chi connectivity index (χ2n) is 6.05. The zero-order valence-corrected chi connectivity index (χ0v) is 16.6. The highest BCUT2D eigenvalue weighted by molar-refractivity contribution is 8.76. The summed E-state index contributed by atoms with van der Waals surface area (Å²) in [6, 6.07) is 19.9. The summed E-state index contributed by atoms with van der Waals surface area (Å²) >= 11 is 0. The number of aromatic nitrogens is 1. The standard InChI is InChI=1S/C21H23N3OS2/c22-11-13-27-26-12-10-20(25)24-21(16-6-2-1-3-7-16)19-14-17-8-4-5-9-18(17)15-23-19/h1-9,14-15,21H,10-13,22H2,(H,24,25). The van der Waals surface area contributed by atoms with Crippen LogP contribution in [0.3, 0.4) is 0 Å². The van der Waals surface area contributed by atoms with Gasteiger partial charge in [-0.05, 0) is 17.0 Å². The Morgan fingerprint density at radius 2 is 1.70 bits per heavy atom. The minimum absolute atomic E-state index is 0.0275. The molecule has 4 nitrogen and oxygen atoms in total. The Kier molecular flexibility index (Phi) is 7.56. The molecule has 27 heavy (non-hydrogen) atoms. The summed E-state index contributed by atoms with van der Waals surface area (Å²) < 4.78 is 0. The molecule has 3 rings (SSSR count). The van der Waals surface area contributed by atoms with Gasteiger partial charge in [0, 0.05) is 36.1 Å². The van der Waals surface area contributed by atoms with Crippen molar-refractivity contribution >= 4 is 38.3 Å². The van der Waals surface area contributed by atoms with E-state index in [9.17, 15) is 4.79 Å². The van der Waals surface area contributed by atoms with Gasteiger partial charge >= 0.3 is 0 Å². The van der Waals surface area contributed by atoms with Gasteiger partial charge in [-0.2, -0.15) is 0 Å². The van der Waals surface area contributed by atoms with Gasteiger partial charge in [-0.3, -0.25) is 9.78 Å². The fourth-order valence-electron chi connectivity index (χ4n) is 2.77. The second-order valence-corrected chi connectivity index (χ2v) is 8.75. The van der Waals surface area contributed by atoms with Crippen LogP contribution >= 0.6 is 21.6 Å². The van der Waals surface area contributed by atoms with E-state index in [2.05, 4.69) is 22.4 Å². The number of hydrogen-bond acceptors (Lipinski definition) is 5. The Hall–Kier alpha value is -2.02. The van der Waals surface area contributed by atoms with E-state index in [0.717, 1.165) is 33.5 Å². The van der Waals surface area contributed by atoms with Crippen LogP contribution in [0.1, 0.15) is 23.7 Å². The molecular formula is C21H23N3OS2. The molecule has 1 atom stereocenters. The predicted octanol–water partition coefficient (Wildman–Crippen LogP) is 4.17. The number of amides is 1. The first-order valence-electron chi connectivity index (χ1n) is 8.91. The van der Waals surface area contributed by atoms with E-state index in [4.69, 9.17) is 5.73 Å². The van der Waals surface area contributed by atoms with E-state index >= 15 is 0 Å². The lowest BCUT2D eigenvalue weighted by atomic mass is 10.0. The smallest absolute Gasteiger partial charge is 0.221 e. The summed E-state index contributed by atoms with van der Waals surface area (Å²) in [5.74, 6) is 1.70. The van der Waals surface area contributed by atoms with Crippen LogP contribution in [-0.2, 0) is 4.79 Å². The van der Waals surface area contributed by atoms with E-state index in [1.807, 2.05) is 54.7 Å². The minimum atomic E-state index is -0.259. The van der Waals surface area contributed by atoms with E-state index in [1.165, 1.54) is 0 Å². The number of nitrogens with two attached hydrogens (primary N) is 1. The maximum atomic E-state index is 12.5. The molecule has 140 valence electrons. The third kappa shape index (κ3) is 5.73. The van der Waals surface area contributed by atoms with Crippen molar-refractivity contribution in [3.63, 3.8) is 0 Å². The number of nitrogens with zero attached hydrogens (tertiary/aromatic N) is 1. The molecule has 6 heteroatoms. The molecule has 0 spiro atoms. The normalized spacial score (nSPS) is 12.0. The molecule has 2 aromatic carbocycles. The van der Waals surface area contributed by atoms with E-state index < -0.39 is 0 Å². The lowest BCUT2D eigenvalue weighted by molar-refractivity contribution is -0.121. The Labute approximate surface area is 167 Å². The molecule has 0 aliphatic heterocycles. The van der Waals surface area contributed by atoms with Crippen molar-refractivity contribution in [1.29, 1.82) is 0 Å². The maximum absolute atomic E-state index is 12.5. The number of pyridine rings is 1. The van der Waals surface area contributed by atoms with Gasteiger partial charge < -0.3 is 11.1 Å². The van der Waals surface area contributed by atoms with Gasteiger partial charge in [-0.1, -0.05) is 76.2 Å². The zero-order valence-electron chi connectivity index (χ0n) is 15.0. The van der Waals surface area contributed by atoms with Gasteiger partial charge in [0.2, 0.25) is 5.91 Å². The van der Waals surface area contributed by atoms with E-state index in [1.54, 1.807) is 21.6 Å². The zero-order chi connectivity index (χ0) is 18.9. The number of carbonyl (C=O) groups excluding carboxylic acids is 1. The van der Waals surface area contributed by atoms with E-state index in [0.29, 0.717) is 13.0 Å². The topological polar surface area (TPSA) is 68.0 Å². The second kappa shape index (κ2) is 10.3. The molecule has 3 aromatic rings. The fourth-order valence-corrected chi connectivity index (χ4v) is 4.61. The predicted molar refractivity (Wildman–Crippen MR) is 117 cm³/mol. The van der Waals surface area contributed by atoms with Gasteiger partial charge in [0.05, 0.1) is 11.7 Å². The lowest BCUT2D eigenvalue weighted by Gasteiger charge is -2.19. The first kappa shape index (κ1) is 19.7. The van der Waals surface area contributed by atoms with Gasteiger partial charge in [0.25, 0.3) is 0 Å². The monoisotopic (exact) mass is 397 g/mol.